The zero-order valence-electron chi connectivity index (χ0n) is 18.5. The topological polar surface area (TPSA) is 35.5 Å². The minimum Gasteiger partial charge on any atom is -0.414 e. The maximum absolute atomic E-state index is 12.0. The average Bonchev–Trinajstić information content (AvgIpc) is 2.55. The van der Waals surface area contributed by atoms with Gasteiger partial charge in [-0.1, -0.05) is 65.0 Å². The lowest BCUT2D eigenvalue weighted by Gasteiger charge is -2.54. The van der Waals surface area contributed by atoms with Gasteiger partial charge < -0.3 is 9.16 Å². The van der Waals surface area contributed by atoms with Crippen LogP contribution in [0.25, 0.3) is 0 Å². The molecule has 1 saturated carbocycles. The molecule has 1 aliphatic carbocycles. The molecule has 27 heavy (non-hydrogen) atoms. The first kappa shape index (κ1) is 22.3. The zero-order chi connectivity index (χ0) is 20.5. The third-order valence-electron chi connectivity index (χ3n) is 7.00. The van der Waals surface area contributed by atoms with E-state index < -0.39 is 8.32 Å². The predicted molar refractivity (Wildman–Crippen MR) is 114 cm³/mol. The molecule has 3 atom stereocenters. The minimum atomic E-state index is -1.84. The second kappa shape index (κ2) is 8.18. The van der Waals surface area contributed by atoms with E-state index in [-0.39, 0.29) is 22.5 Å². The Morgan fingerprint density at radius 2 is 1.81 bits per heavy atom. The number of hydrogen-bond acceptors (Lipinski definition) is 3. The number of Topliss-reactive ketones (excluding diaryl/α,β-unsaturated/α-hetero) is 1. The minimum absolute atomic E-state index is 0.0185. The van der Waals surface area contributed by atoms with Crippen LogP contribution in [0.15, 0.2) is 30.3 Å². The maximum Gasteiger partial charge on any atom is 0.192 e. The molecule has 0 radical (unpaired) electrons. The molecule has 152 valence electrons. The second-order valence-corrected chi connectivity index (χ2v) is 15.0. The van der Waals surface area contributed by atoms with Gasteiger partial charge in [0.05, 0.1) is 19.3 Å². The Hall–Kier alpha value is -0.973. The van der Waals surface area contributed by atoms with Gasteiger partial charge in [0.15, 0.2) is 8.32 Å². The summed E-state index contributed by atoms with van der Waals surface area (Å²) in [6.45, 7) is 18.7. The van der Waals surface area contributed by atoms with E-state index in [9.17, 15) is 4.79 Å². The van der Waals surface area contributed by atoms with Crippen LogP contribution in [0.2, 0.25) is 18.1 Å². The van der Waals surface area contributed by atoms with Crippen LogP contribution in [0.5, 0.6) is 0 Å². The number of ketones is 1. The SMILES string of the molecule is CC(=O)[C@@H]1C[C@H]([C@H](CO[Si](C)(C)C(C)(C)C)OCc2ccccc2)C1(C)C. The highest BCUT2D eigenvalue weighted by Gasteiger charge is 2.54. The summed E-state index contributed by atoms with van der Waals surface area (Å²) in [5, 5.41) is 0.175. The average molecular weight is 391 g/mol. The monoisotopic (exact) mass is 390 g/mol. The fourth-order valence-electron chi connectivity index (χ4n) is 3.84. The zero-order valence-corrected chi connectivity index (χ0v) is 19.5. The van der Waals surface area contributed by atoms with Crippen LogP contribution in [0.4, 0.5) is 0 Å². The molecule has 1 aromatic rings. The van der Waals surface area contributed by atoms with Crippen molar-refractivity contribution in [2.75, 3.05) is 6.61 Å². The molecule has 0 heterocycles. The van der Waals surface area contributed by atoms with Crippen LogP contribution in [0, 0.1) is 17.3 Å². The van der Waals surface area contributed by atoms with Gasteiger partial charge in [-0.2, -0.15) is 0 Å². The Kier molecular flexibility index (Phi) is 6.76. The molecule has 1 fully saturated rings. The fraction of sp³-hybridized carbons (Fsp3) is 0.696. The largest absolute Gasteiger partial charge is 0.414 e. The quantitative estimate of drug-likeness (QED) is 0.523. The first-order valence-electron chi connectivity index (χ1n) is 10.2. The highest BCUT2D eigenvalue weighted by atomic mass is 28.4. The summed E-state index contributed by atoms with van der Waals surface area (Å²) in [5.41, 5.74) is 1.14. The van der Waals surface area contributed by atoms with E-state index in [1.807, 2.05) is 18.2 Å². The van der Waals surface area contributed by atoms with Crippen molar-refractivity contribution >= 4 is 14.1 Å². The van der Waals surface area contributed by atoms with Crippen LogP contribution in [0.3, 0.4) is 0 Å². The summed E-state index contributed by atoms with van der Waals surface area (Å²) in [6, 6.07) is 10.3. The van der Waals surface area contributed by atoms with Gasteiger partial charge in [-0.05, 0) is 48.4 Å². The van der Waals surface area contributed by atoms with Crippen LogP contribution in [0.1, 0.15) is 53.5 Å². The summed E-state index contributed by atoms with van der Waals surface area (Å²) in [6.07, 6.45) is 0.924. The summed E-state index contributed by atoms with van der Waals surface area (Å²) in [5.74, 6) is 0.779. The summed E-state index contributed by atoms with van der Waals surface area (Å²) < 4.78 is 12.9. The lowest BCUT2D eigenvalue weighted by Crippen LogP contribution is -2.55. The predicted octanol–water partition coefficient (Wildman–Crippen LogP) is 5.84. The smallest absolute Gasteiger partial charge is 0.192 e. The molecule has 1 aliphatic rings. The van der Waals surface area contributed by atoms with E-state index in [4.69, 9.17) is 9.16 Å². The molecular formula is C23H38O3Si. The van der Waals surface area contributed by atoms with Crippen molar-refractivity contribution in [1.82, 2.24) is 0 Å². The molecule has 4 heteroatoms. The maximum atomic E-state index is 12.0. The number of carbonyl (C=O) groups is 1. The van der Waals surface area contributed by atoms with E-state index in [0.29, 0.717) is 24.9 Å². The van der Waals surface area contributed by atoms with E-state index >= 15 is 0 Å². The van der Waals surface area contributed by atoms with Crippen molar-refractivity contribution in [3.8, 4) is 0 Å². The number of ether oxygens (including phenoxy) is 1. The van der Waals surface area contributed by atoms with Crippen molar-refractivity contribution in [3.63, 3.8) is 0 Å². The van der Waals surface area contributed by atoms with Crippen molar-refractivity contribution < 1.29 is 14.0 Å². The Balaban J connectivity index is 2.10. The van der Waals surface area contributed by atoms with Gasteiger partial charge in [0.1, 0.15) is 5.78 Å². The molecule has 1 aromatic carbocycles. The lowest BCUT2D eigenvalue weighted by molar-refractivity contribution is -0.157. The Labute approximate surface area is 167 Å². The second-order valence-electron chi connectivity index (χ2n) is 10.2. The van der Waals surface area contributed by atoms with Crippen molar-refractivity contribution in [2.24, 2.45) is 17.3 Å². The van der Waals surface area contributed by atoms with Gasteiger partial charge in [0, 0.05) is 5.92 Å². The molecule has 0 unspecified atom stereocenters. The van der Waals surface area contributed by atoms with Crippen molar-refractivity contribution in [2.45, 2.75) is 78.8 Å². The molecule has 0 N–H and O–H groups in total. The number of carbonyl (C=O) groups excluding carboxylic acids is 1. The number of benzene rings is 1. The molecule has 3 nitrogen and oxygen atoms in total. The van der Waals surface area contributed by atoms with Gasteiger partial charge in [-0.15, -0.1) is 0 Å². The van der Waals surface area contributed by atoms with Crippen LogP contribution < -0.4 is 0 Å². The highest BCUT2D eigenvalue weighted by molar-refractivity contribution is 6.74. The summed E-state index contributed by atoms with van der Waals surface area (Å²) >= 11 is 0. The molecule has 0 aliphatic heterocycles. The van der Waals surface area contributed by atoms with E-state index in [0.717, 1.165) is 6.42 Å². The van der Waals surface area contributed by atoms with Crippen molar-refractivity contribution in [1.29, 1.82) is 0 Å². The Morgan fingerprint density at radius 1 is 1.22 bits per heavy atom. The number of hydrogen-bond donors (Lipinski definition) is 0. The summed E-state index contributed by atoms with van der Waals surface area (Å²) in [4.78, 5) is 12.0. The standard InChI is InChI=1S/C23H38O3Si/c1-17(24)19-14-20(23(19,5)6)21(16-26-27(7,8)22(2,3)4)25-15-18-12-10-9-11-13-18/h9-13,19-21H,14-16H2,1-8H3/t19-,20+,21-/m0/s1. The third kappa shape index (κ3) is 5.10. The fourth-order valence-corrected chi connectivity index (χ4v) is 4.86. The van der Waals surface area contributed by atoms with Crippen molar-refractivity contribution in [3.05, 3.63) is 35.9 Å². The number of rotatable bonds is 8. The Bertz CT molecular complexity index is 631. The molecule has 0 amide bonds. The first-order chi connectivity index (χ1) is 12.4. The third-order valence-corrected chi connectivity index (χ3v) is 11.5. The van der Waals surface area contributed by atoms with E-state index in [1.54, 1.807) is 6.92 Å². The molecule has 0 bridgehead atoms. The normalized spacial score (nSPS) is 23.6. The van der Waals surface area contributed by atoms with Gasteiger partial charge in [0.25, 0.3) is 0 Å². The lowest BCUT2D eigenvalue weighted by atomic mass is 9.52. The van der Waals surface area contributed by atoms with Crippen LogP contribution >= 0.6 is 0 Å². The van der Waals surface area contributed by atoms with Crippen LogP contribution in [-0.4, -0.2) is 26.8 Å². The Morgan fingerprint density at radius 3 is 2.30 bits per heavy atom. The van der Waals surface area contributed by atoms with Gasteiger partial charge in [-0.25, -0.2) is 0 Å². The van der Waals surface area contributed by atoms with E-state index in [2.05, 4.69) is 59.8 Å². The molecule has 0 aromatic heterocycles. The van der Waals surface area contributed by atoms with Gasteiger partial charge >= 0.3 is 0 Å². The van der Waals surface area contributed by atoms with E-state index in [1.165, 1.54) is 5.56 Å². The van der Waals surface area contributed by atoms with Crippen LogP contribution in [-0.2, 0) is 20.6 Å². The van der Waals surface area contributed by atoms with Gasteiger partial charge in [0.2, 0.25) is 0 Å². The molecule has 2 rings (SSSR count). The molecule has 0 saturated heterocycles. The molecule has 0 spiro atoms. The molecular weight excluding hydrogens is 352 g/mol. The first-order valence-corrected chi connectivity index (χ1v) is 13.1. The summed E-state index contributed by atoms with van der Waals surface area (Å²) in [7, 11) is -1.84. The van der Waals surface area contributed by atoms with Gasteiger partial charge in [-0.3, -0.25) is 4.79 Å². The highest BCUT2D eigenvalue weighted by Crippen LogP contribution is 2.54.